The Balaban J connectivity index is 1.82. The van der Waals surface area contributed by atoms with Crippen molar-refractivity contribution in [2.45, 2.75) is 87.1 Å². The zero-order valence-electron chi connectivity index (χ0n) is 27.8. The van der Waals surface area contributed by atoms with Crippen molar-refractivity contribution in [3.8, 4) is 0 Å². The monoisotopic (exact) mass is 797 g/mol. The van der Waals surface area contributed by atoms with E-state index in [4.69, 9.17) is 54.2 Å². The number of methoxy groups -OCH3 is 1. The second-order valence-corrected chi connectivity index (χ2v) is 12.4. The van der Waals surface area contributed by atoms with Crippen LogP contribution in [0.3, 0.4) is 0 Å². The van der Waals surface area contributed by atoms with E-state index in [1.807, 2.05) is 24.3 Å². The molecule has 0 unspecified atom stereocenters. The number of hydrogen-bond acceptors (Lipinski definition) is 14. The van der Waals surface area contributed by atoms with Gasteiger partial charge in [0.05, 0.1) is 20.3 Å². The van der Waals surface area contributed by atoms with Crippen molar-refractivity contribution in [3.05, 3.63) is 82.2 Å². The third-order valence-corrected chi connectivity index (χ3v) is 8.68. The summed E-state index contributed by atoms with van der Waals surface area (Å²) in [6, 6.07) is 16.9. The molecule has 18 heteroatoms. The zero-order chi connectivity index (χ0) is 36.9. The van der Waals surface area contributed by atoms with E-state index >= 15 is 0 Å². The maximum Gasteiger partial charge on any atom is 0.339 e. The molecule has 2 aliphatic heterocycles. The maximum atomic E-state index is 13.3. The molecule has 2 aromatic rings. The Morgan fingerprint density at radius 3 is 1.98 bits per heavy atom. The molecule has 0 saturated carbocycles. The molecule has 0 amide bonds. The number of nitrogens with zero attached hydrogens (tertiary/aromatic N) is 3. The van der Waals surface area contributed by atoms with E-state index in [-0.39, 0.29) is 13.2 Å². The van der Waals surface area contributed by atoms with Crippen molar-refractivity contribution in [3.63, 3.8) is 0 Å². The minimum Gasteiger partial charge on any atom is -0.467 e. The smallest absolute Gasteiger partial charge is 0.339 e. The lowest BCUT2D eigenvalue weighted by Crippen LogP contribution is -2.66. The summed E-state index contributed by atoms with van der Waals surface area (Å²) in [7, 11) is 1.11. The summed E-state index contributed by atoms with van der Waals surface area (Å²) in [6.45, 7) is 1.87. The molecular weight excluding hydrogens is 762 g/mol. The summed E-state index contributed by atoms with van der Waals surface area (Å²) >= 11 is 9.11. The Kier molecular flexibility index (Phi) is 15.5. The summed E-state index contributed by atoms with van der Waals surface area (Å²) in [5.41, 5.74) is 10.8. The van der Waals surface area contributed by atoms with Gasteiger partial charge in [-0.15, -0.1) is 11.6 Å². The van der Waals surface area contributed by atoms with Gasteiger partial charge in [-0.05, 0) is 16.7 Å². The Labute approximate surface area is 306 Å². The van der Waals surface area contributed by atoms with E-state index in [2.05, 4.69) is 26.0 Å². The molecule has 0 spiro atoms. The van der Waals surface area contributed by atoms with Gasteiger partial charge in [0.1, 0.15) is 54.1 Å². The van der Waals surface area contributed by atoms with Crippen LogP contribution < -0.4 is 0 Å². The van der Waals surface area contributed by atoms with Crippen LogP contribution >= 0.6 is 27.5 Å². The number of esters is 4. The molecule has 0 radical (unpaired) electrons. The van der Waals surface area contributed by atoms with Gasteiger partial charge >= 0.3 is 23.9 Å². The summed E-state index contributed by atoms with van der Waals surface area (Å²) in [5.74, 6) is -3.80. The van der Waals surface area contributed by atoms with Crippen LogP contribution in [0.25, 0.3) is 10.4 Å². The second kappa shape index (κ2) is 19.7. The Morgan fingerprint density at radius 1 is 0.843 bits per heavy atom. The molecule has 2 heterocycles. The molecule has 0 N–H and O–H groups in total. The van der Waals surface area contributed by atoms with Gasteiger partial charge in [0.2, 0.25) is 0 Å². The molecule has 10 atom stereocenters. The SMILES string of the molecule is COC(=O)[C@H]1O[C@@H](O[C@H]2[C@H](OC(C)=O)[C@@H](N=[N+]=[N-])[C@@H](Br)O[C@@H]2COC(C)=O)[C@H](OCc2ccccc2)[C@@H](OCc2ccccc2)[C@@H]1OC(=O)CCl. The molecule has 16 nitrogen and oxygen atoms in total. The summed E-state index contributed by atoms with van der Waals surface area (Å²) in [6.07, 6.45) is -11.1. The lowest BCUT2D eigenvalue weighted by Gasteiger charge is -2.48. The van der Waals surface area contributed by atoms with Crippen LogP contribution in [0.1, 0.15) is 25.0 Å². The number of carbonyl (C=O) groups excluding carboxylic acids is 4. The van der Waals surface area contributed by atoms with Crippen molar-refractivity contribution >= 4 is 51.4 Å². The standard InChI is InChI=1S/C33H37BrClN3O13/c1-18(39)44-17-22-25(26(47-19(2)40)24(37-38-36)31(34)48-22)50-33-30(46-16-21-12-8-5-9-13-21)27(45-15-20-10-6-4-7-11-20)28(49-23(41)14-35)29(51-33)32(42)43-3/h4-13,22,24-31,33H,14-17H2,1-3H3/t22-,24-,25-,26-,27+,28+,29+,30-,31+,33-/m1/s1. The minimum absolute atomic E-state index is 0.0325. The Bertz CT molecular complexity index is 1520. The van der Waals surface area contributed by atoms with Crippen molar-refractivity contribution in [2.75, 3.05) is 19.6 Å². The number of hydrogen-bond donors (Lipinski definition) is 0. The first-order valence-electron chi connectivity index (χ1n) is 15.7. The molecule has 0 aliphatic carbocycles. The van der Waals surface area contributed by atoms with Gasteiger partial charge in [0.25, 0.3) is 0 Å². The third kappa shape index (κ3) is 11.1. The van der Waals surface area contributed by atoms with E-state index in [9.17, 15) is 24.7 Å². The van der Waals surface area contributed by atoms with Crippen LogP contribution in [0.5, 0.6) is 0 Å². The first kappa shape index (κ1) is 40.0. The van der Waals surface area contributed by atoms with Crippen LogP contribution in [0.2, 0.25) is 0 Å². The van der Waals surface area contributed by atoms with Crippen LogP contribution in [0.15, 0.2) is 65.8 Å². The Morgan fingerprint density at radius 2 is 1.45 bits per heavy atom. The predicted molar refractivity (Wildman–Crippen MR) is 179 cm³/mol. The molecule has 276 valence electrons. The number of carbonyl (C=O) groups is 4. The lowest BCUT2D eigenvalue weighted by molar-refractivity contribution is -0.341. The zero-order valence-corrected chi connectivity index (χ0v) is 30.1. The maximum absolute atomic E-state index is 13.3. The third-order valence-electron chi connectivity index (χ3n) is 7.70. The molecular formula is C33H37BrClN3O13. The highest BCUT2D eigenvalue weighted by Crippen LogP contribution is 2.37. The molecule has 0 aromatic heterocycles. The fourth-order valence-corrected chi connectivity index (χ4v) is 6.22. The lowest BCUT2D eigenvalue weighted by atomic mass is 9.95. The van der Waals surface area contributed by atoms with Crippen LogP contribution in [-0.2, 0) is 75.0 Å². The van der Waals surface area contributed by atoms with Gasteiger partial charge in [0, 0.05) is 18.8 Å². The van der Waals surface area contributed by atoms with Crippen molar-refractivity contribution in [2.24, 2.45) is 5.11 Å². The number of azide groups is 1. The van der Waals surface area contributed by atoms with Crippen molar-refractivity contribution in [1.82, 2.24) is 0 Å². The highest BCUT2D eigenvalue weighted by molar-refractivity contribution is 9.09. The van der Waals surface area contributed by atoms with Crippen LogP contribution in [0, 0.1) is 0 Å². The topological polar surface area (TPSA) is 200 Å². The number of alkyl halides is 2. The number of rotatable bonds is 15. The fraction of sp³-hybridized carbons (Fsp3) is 0.515. The van der Waals surface area contributed by atoms with E-state index in [0.717, 1.165) is 25.2 Å². The molecule has 2 aliphatic rings. The van der Waals surface area contributed by atoms with Gasteiger partial charge in [0.15, 0.2) is 18.5 Å². The molecule has 0 bridgehead atoms. The normalized spacial score (nSPS) is 28.8. The van der Waals surface area contributed by atoms with Crippen LogP contribution in [-0.4, -0.2) is 104 Å². The number of halogens is 2. The average molecular weight is 799 g/mol. The predicted octanol–water partition coefficient (Wildman–Crippen LogP) is 3.88. The number of benzene rings is 2. The van der Waals surface area contributed by atoms with Crippen molar-refractivity contribution in [1.29, 1.82) is 0 Å². The van der Waals surface area contributed by atoms with Crippen molar-refractivity contribution < 1.29 is 61.8 Å². The largest absolute Gasteiger partial charge is 0.467 e. The highest BCUT2D eigenvalue weighted by atomic mass is 79.9. The van der Waals surface area contributed by atoms with Gasteiger partial charge in [-0.25, -0.2) is 4.79 Å². The van der Waals surface area contributed by atoms with Crippen LogP contribution in [0.4, 0.5) is 0 Å². The van der Waals surface area contributed by atoms with E-state index < -0.39 is 96.4 Å². The van der Waals surface area contributed by atoms with Gasteiger partial charge in [-0.2, -0.15) is 0 Å². The summed E-state index contributed by atoms with van der Waals surface area (Å²) in [4.78, 5) is 53.0. The fourth-order valence-electron chi connectivity index (χ4n) is 5.48. The second-order valence-electron chi connectivity index (χ2n) is 11.3. The molecule has 2 aromatic carbocycles. The minimum atomic E-state index is -1.65. The molecule has 2 saturated heterocycles. The Hall–Kier alpha value is -3.80. The highest BCUT2D eigenvalue weighted by Gasteiger charge is 2.56. The molecule has 4 rings (SSSR count). The van der Waals surface area contributed by atoms with E-state index in [1.165, 1.54) is 6.92 Å². The first-order chi connectivity index (χ1) is 24.6. The quantitative estimate of drug-likeness (QED) is 0.0629. The first-order valence-corrected chi connectivity index (χ1v) is 17.1. The van der Waals surface area contributed by atoms with Gasteiger partial charge in [-0.3, -0.25) is 14.4 Å². The van der Waals surface area contributed by atoms with E-state index in [1.54, 1.807) is 36.4 Å². The molecule has 2 fully saturated rings. The summed E-state index contributed by atoms with van der Waals surface area (Å²) < 4.78 is 53.0. The molecule has 51 heavy (non-hydrogen) atoms. The van der Waals surface area contributed by atoms with Gasteiger partial charge < -0.3 is 42.6 Å². The summed E-state index contributed by atoms with van der Waals surface area (Å²) in [5, 5.41) is 2.74. The van der Waals surface area contributed by atoms with E-state index in [0.29, 0.717) is 0 Å². The number of ether oxygens (including phenoxy) is 9. The van der Waals surface area contributed by atoms with Gasteiger partial charge in [-0.1, -0.05) is 81.7 Å². The average Bonchev–Trinajstić information content (AvgIpc) is 3.12.